The molecule has 3 rings (SSSR count). The summed E-state index contributed by atoms with van der Waals surface area (Å²) in [6.07, 6.45) is 0. The highest BCUT2D eigenvalue weighted by molar-refractivity contribution is 7.99. The Hall–Kier alpha value is -0.580. The molecule has 1 aliphatic heterocycles. The quantitative estimate of drug-likeness (QED) is 0.562. The molecule has 2 aromatic carbocycles. The first-order valence-electron chi connectivity index (χ1n) is 5.74. The van der Waals surface area contributed by atoms with Crippen LogP contribution in [0.15, 0.2) is 34.1 Å². The summed E-state index contributed by atoms with van der Waals surface area (Å²) in [5.41, 5.74) is 0.914. The second-order valence-electron chi connectivity index (χ2n) is 4.24. The minimum absolute atomic E-state index is 0.452. The second kappa shape index (κ2) is 5.66. The van der Waals surface area contributed by atoms with Gasteiger partial charge in [-0.1, -0.05) is 46.6 Å². The highest BCUT2D eigenvalue weighted by atomic mass is 35.5. The van der Waals surface area contributed by atoms with Crippen LogP contribution in [0.5, 0.6) is 11.5 Å². The first-order chi connectivity index (χ1) is 9.58. The molecule has 0 atom stereocenters. The number of benzene rings is 2. The summed E-state index contributed by atoms with van der Waals surface area (Å²) in [5.74, 6) is 1.35. The zero-order valence-electron chi connectivity index (χ0n) is 10.4. The lowest BCUT2D eigenvalue weighted by molar-refractivity contribution is 0.184. The maximum Gasteiger partial charge on any atom is 0.144 e. The Morgan fingerprint density at radius 1 is 1.05 bits per heavy atom. The van der Waals surface area contributed by atoms with Crippen LogP contribution in [0.1, 0.15) is 5.56 Å². The van der Waals surface area contributed by atoms with E-state index in [1.165, 1.54) is 11.8 Å². The molecule has 104 valence electrons. The summed E-state index contributed by atoms with van der Waals surface area (Å²) in [5, 5.41) is 1.73. The van der Waals surface area contributed by atoms with E-state index in [-0.39, 0.29) is 0 Å². The van der Waals surface area contributed by atoms with Crippen LogP contribution in [-0.2, 0) is 11.3 Å². The smallest absolute Gasteiger partial charge is 0.144 e. The number of hydrogen-bond acceptors (Lipinski definition) is 3. The molecule has 0 N–H and O–H groups in total. The van der Waals surface area contributed by atoms with E-state index in [2.05, 4.69) is 0 Å². The molecule has 1 aliphatic rings. The third-order valence-electron chi connectivity index (χ3n) is 2.82. The summed E-state index contributed by atoms with van der Waals surface area (Å²) in [7, 11) is 1.63. The van der Waals surface area contributed by atoms with Crippen molar-refractivity contribution in [2.24, 2.45) is 0 Å². The van der Waals surface area contributed by atoms with Gasteiger partial charge in [0.2, 0.25) is 0 Å². The Morgan fingerprint density at radius 3 is 2.60 bits per heavy atom. The topological polar surface area (TPSA) is 18.5 Å². The molecule has 0 saturated carbocycles. The van der Waals surface area contributed by atoms with Crippen LogP contribution >= 0.6 is 46.6 Å². The van der Waals surface area contributed by atoms with Gasteiger partial charge in [0.1, 0.15) is 11.5 Å². The van der Waals surface area contributed by atoms with Crippen molar-refractivity contribution >= 4 is 46.6 Å². The molecular weight excluding hydrogens is 339 g/mol. The van der Waals surface area contributed by atoms with Gasteiger partial charge in [-0.25, -0.2) is 0 Å². The minimum Gasteiger partial charge on any atom is -0.455 e. The van der Waals surface area contributed by atoms with Gasteiger partial charge in [0.05, 0.1) is 21.4 Å². The van der Waals surface area contributed by atoms with Gasteiger partial charge < -0.3 is 9.47 Å². The van der Waals surface area contributed by atoms with Crippen LogP contribution in [0, 0.1) is 0 Å². The lowest BCUT2D eigenvalue weighted by Crippen LogP contribution is -1.98. The molecule has 0 bridgehead atoms. The summed E-state index contributed by atoms with van der Waals surface area (Å²) < 4.78 is 11.0. The summed E-state index contributed by atoms with van der Waals surface area (Å²) in [4.78, 5) is 1.81. The summed E-state index contributed by atoms with van der Waals surface area (Å²) >= 11 is 19.9. The number of ether oxygens (including phenoxy) is 2. The average molecular weight is 348 g/mol. The molecule has 0 aliphatic carbocycles. The Morgan fingerprint density at radius 2 is 1.85 bits per heavy atom. The van der Waals surface area contributed by atoms with Gasteiger partial charge in [0, 0.05) is 29.3 Å². The van der Waals surface area contributed by atoms with Crippen LogP contribution in [0.25, 0.3) is 0 Å². The monoisotopic (exact) mass is 346 g/mol. The molecule has 0 fully saturated rings. The number of fused-ring (bicyclic) bond motifs is 2. The summed E-state index contributed by atoms with van der Waals surface area (Å²) in [6, 6.07) is 7.20. The number of rotatable bonds is 2. The predicted molar refractivity (Wildman–Crippen MR) is 82.8 cm³/mol. The van der Waals surface area contributed by atoms with E-state index in [0.717, 1.165) is 15.4 Å². The Bertz CT molecular complexity index is 689. The van der Waals surface area contributed by atoms with E-state index in [9.17, 15) is 0 Å². The van der Waals surface area contributed by atoms with E-state index >= 15 is 0 Å². The lowest BCUT2D eigenvalue weighted by atomic mass is 10.2. The van der Waals surface area contributed by atoms with Crippen molar-refractivity contribution in [1.82, 2.24) is 0 Å². The molecule has 2 nitrogen and oxygen atoms in total. The fourth-order valence-electron chi connectivity index (χ4n) is 1.94. The number of hydrogen-bond donors (Lipinski definition) is 0. The molecular formula is C14H9Cl3O2S. The van der Waals surface area contributed by atoms with Gasteiger partial charge in [-0.05, 0) is 17.7 Å². The summed E-state index contributed by atoms with van der Waals surface area (Å²) in [6.45, 7) is 0.452. The van der Waals surface area contributed by atoms with E-state index in [1.54, 1.807) is 25.3 Å². The van der Waals surface area contributed by atoms with Crippen LogP contribution in [0.2, 0.25) is 15.1 Å². The SMILES string of the molecule is COCc1cc2c(cc1Cl)Oc1cc(Cl)cc(Cl)c1S2. The fraction of sp³-hybridized carbons (Fsp3) is 0.143. The molecule has 0 amide bonds. The van der Waals surface area contributed by atoms with Crippen molar-refractivity contribution in [3.63, 3.8) is 0 Å². The Balaban J connectivity index is 2.06. The van der Waals surface area contributed by atoms with Crippen molar-refractivity contribution in [3.05, 3.63) is 44.9 Å². The molecule has 6 heteroatoms. The largest absolute Gasteiger partial charge is 0.455 e. The van der Waals surface area contributed by atoms with E-state index in [1.807, 2.05) is 6.07 Å². The lowest BCUT2D eigenvalue weighted by Gasteiger charge is -2.22. The zero-order valence-corrected chi connectivity index (χ0v) is 13.5. The van der Waals surface area contributed by atoms with Gasteiger partial charge >= 0.3 is 0 Å². The standard InChI is InChI=1S/C14H9Cl3O2S/c1-18-6-7-2-13-11(5-9(7)16)19-12-4-8(15)3-10(17)14(12)20-13/h2-5H,6H2,1H3. The third kappa shape index (κ3) is 2.61. The normalized spacial score (nSPS) is 12.6. The first kappa shape index (κ1) is 14.4. The van der Waals surface area contributed by atoms with Crippen molar-refractivity contribution in [3.8, 4) is 11.5 Å². The van der Waals surface area contributed by atoms with Gasteiger partial charge in [-0.3, -0.25) is 0 Å². The van der Waals surface area contributed by atoms with Crippen LogP contribution < -0.4 is 4.74 Å². The van der Waals surface area contributed by atoms with Gasteiger partial charge in [-0.2, -0.15) is 0 Å². The van der Waals surface area contributed by atoms with Crippen molar-refractivity contribution in [2.45, 2.75) is 16.4 Å². The maximum atomic E-state index is 6.21. The van der Waals surface area contributed by atoms with Gasteiger partial charge in [-0.15, -0.1) is 0 Å². The van der Waals surface area contributed by atoms with Crippen LogP contribution in [0.4, 0.5) is 0 Å². The molecule has 2 aromatic rings. The minimum atomic E-state index is 0.452. The zero-order chi connectivity index (χ0) is 14.3. The molecule has 0 spiro atoms. The van der Waals surface area contributed by atoms with E-state index in [0.29, 0.717) is 33.2 Å². The molecule has 0 aromatic heterocycles. The Labute approximate surface area is 135 Å². The number of methoxy groups -OCH3 is 1. The molecule has 20 heavy (non-hydrogen) atoms. The molecule has 0 unspecified atom stereocenters. The van der Waals surface area contributed by atoms with Crippen LogP contribution in [0.3, 0.4) is 0 Å². The van der Waals surface area contributed by atoms with Crippen molar-refractivity contribution in [1.29, 1.82) is 0 Å². The Kier molecular flexibility index (Phi) is 4.07. The molecule has 0 radical (unpaired) electrons. The van der Waals surface area contributed by atoms with E-state index in [4.69, 9.17) is 44.3 Å². The maximum absolute atomic E-state index is 6.21. The van der Waals surface area contributed by atoms with Gasteiger partial charge in [0.25, 0.3) is 0 Å². The highest BCUT2D eigenvalue weighted by Gasteiger charge is 2.22. The molecule has 0 saturated heterocycles. The predicted octanol–water partition coefficient (Wildman–Crippen LogP) is 6.05. The molecule has 1 heterocycles. The average Bonchev–Trinajstić information content (AvgIpc) is 2.38. The van der Waals surface area contributed by atoms with Crippen LogP contribution in [-0.4, -0.2) is 7.11 Å². The van der Waals surface area contributed by atoms with E-state index < -0.39 is 0 Å². The fourth-order valence-corrected chi connectivity index (χ4v) is 3.72. The first-order valence-corrected chi connectivity index (χ1v) is 7.69. The van der Waals surface area contributed by atoms with Crippen molar-refractivity contribution < 1.29 is 9.47 Å². The number of halogens is 3. The highest BCUT2D eigenvalue weighted by Crippen LogP contribution is 2.51. The third-order valence-corrected chi connectivity index (χ3v) is 4.96. The van der Waals surface area contributed by atoms with Crippen molar-refractivity contribution in [2.75, 3.05) is 7.11 Å². The second-order valence-corrected chi connectivity index (χ2v) is 6.55. The van der Waals surface area contributed by atoms with Gasteiger partial charge in [0.15, 0.2) is 0 Å².